The van der Waals surface area contributed by atoms with E-state index in [-0.39, 0.29) is 0 Å². The Labute approximate surface area is 138 Å². The minimum atomic E-state index is -1.46. The largest absolute Gasteiger partial charge is 0.225 e. The smallest absolute Gasteiger partial charge is 0.129 e. The van der Waals surface area contributed by atoms with E-state index in [4.69, 9.17) is 0 Å². The van der Waals surface area contributed by atoms with E-state index in [9.17, 15) is 0 Å². The van der Waals surface area contributed by atoms with Crippen molar-refractivity contribution in [2.75, 3.05) is 0 Å². The first kappa shape index (κ1) is 15.3. The number of benzene rings is 2. The third-order valence-corrected chi connectivity index (χ3v) is 4.29. The Morgan fingerprint density at radius 2 is 1.48 bits per heavy atom. The topological polar surface area (TPSA) is 17.8 Å². The minimum Gasteiger partial charge on any atom is -0.225 e. The van der Waals surface area contributed by atoms with Gasteiger partial charge in [-0.1, -0.05) is 74.1 Å². The summed E-state index contributed by atoms with van der Waals surface area (Å²) in [5, 5.41) is 4.59. The highest BCUT2D eigenvalue weighted by atomic mass is 28.3. The maximum Gasteiger partial charge on any atom is 0.129 e. The number of para-hydroxylation sites is 1. The Kier molecular flexibility index (Phi) is 4.18. The molecule has 0 radical (unpaired) electrons. The van der Waals surface area contributed by atoms with Gasteiger partial charge in [0.05, 0.1) is 11.9 Å². The molecule has 1 aromatic heterocycles. The van der Waals surface area contributed by atoms with Crippen LogP contribution >= 0.6 is 0 Å². The molecular weight excluding hydrogens is 296 g/mol. The molecule has 0 saturated carbocycles. The summed E-state index contributed by atoms with van der Waals surface area (Å²) in [5.41, 5.74) is 7.70. The second-order valence-corrected chi connectivity index (χ2v) is 11.3. The first-order valence-corrected chi connectivity index (χ1v) is 11.3. The summed E-state index contributed by atoms with van der Waals surface area (Å²) in [4.78, 5) is 0. The van der Waals surface area contributed by atoms with Gasteiger partial charge in [-0.2, -0.15) is 5.10 Å². The predicted molar refractivity (Wildman–Crippen MR) is 99.2 cm³/mol. The van der Waals surface area contributed by atoms with Gasteiger partial charge >= 0.3 is 0 Å². The molecule has 0 fully saturated rings. The SMILES string of the molecule is C[Si](C)(C)C#Cc1c(-c2ccccc2)cnn1-c1ccccc1. The van der Waals surface area contributed by atoms with Crippen LogP contribution in [0.4, 0.5) is 0 Å². The second kappa shape index (κ2) is 6.27. The summed E-state index contributed by atoms with van der Waals surface area (Å²) < 4.78 is 1.94. The quantitative estimate of drug-likeness (QED) is 0.492. The van der Waals surface area contributed by atoms with E-state index >= 15 is 0 Å². The van der Waals surface area contributed by atoms with Gasteiger partial charge in [-0.25, -0.2) is 4.68 Å². The highest BCUT2D eigenvalue weighted by Gasteiger charge is 2.14. The minimum absolute atomic E-state index is 0.963. The molecule has 0 aliphatic rings. The lowest BCUT2D eigenvalue weighted by atomic mass is 10.1. The van der Waals surface area contributed by atoms with Crippen molar-refractivity contribution in [1.29, 1.82) is 0 Å². The zero-order chi connectivity index (χ0) is 16.3. The molecule has 3 aromatic rings. The molecule has 0 aliphatic heterocycles. The summed E-state index contributed by atoms with van der Waals surface area (Å²) in [6, 6.07) is 20.5. The van der Waals surface area contributed by atoms with Gasteiger partial charge in [0.25, 0.3) is 0 Å². The fraction of sp³-hybridized carbons (Fsp3) is 0.150. The van der Waals surface area contributed by atoms with Crippen molar-refractivity contribution in [3.05, 3.63) is 72.6 Å². The van der Waals surface area contributed by atoms with Crippen LogP contribution in [-0.2, 0) is 0 Å². The van der Waals surface area contributed by atoms with Crippen molar-refractivity contribution in [3.8, 4) is 28.3 Å². The average Bonchev–Trinajstić information content (AvgIpc) is 2.98. The van der Waals surface area contributed by atoms with Crippen molar-refractivity contribution in [3.63, 3.8) is 0 Å². The van der Waals surface area contributed by atoms with Crippen LogP contribution in [0.15, 0.2) is 66.9 Å². The van der Waals surface area contributed by atoms with Crippen LogP contribution < -0.4 is 0 Å². The van der Waals surface area contributed by atoms with Gasteiger partial charge in [0, 0.05) is 5.56 Å². The van der Waals surface area contributed by atoms with E-state index in [1.165, 1.54) is 0 Å². The summed E-state index contributed by atoms with van der Waals surface area (Å²) in [5.74, 6) is 3.41. The molecular formula is C20H20N2Si. The molecule has 1 heterocycles. The van der Waals surface area contributed by atoms with Gasteiger partial charge in [-0.05, 0) is 17.7 Å². The van der Waals surface area contributed by atoms with Crippen molar-refractivity contribution < 1.29 is 0 Å². The lowest BCUT2D eigenvalue weighted by molar-refractivity contribution is 0.869. The molecule has 2 aromatic carbocycles. The molecule has 114 valence electrons. The van der Waals surface area contributed by atoms with E-state index in [1.807, 2.05) is 47.3 Å². The molecule has 0 aliphatic carbocycles. The van der Waals surface area contributed by atoms with Crippen LogP contribution in [0.2, 0.25) is 19.6 Å². The lowest BCUT2D eigenvalue weighted by Gasteiger charge is -2.07. The molecule has 0 N–H and O–H groups in total. The number of hydrogen-bond donors (Lipinski definition) is 0. The Balaban J connectivity index is 2.18. The third kappa shape index (κ3) is 3.61. The summed E-state index contributed by atoms with van der Waals surface area (Å²) in [6.45, 7) is 6.77. The highest BCUT2D eigenvalue weighted by Crippen LogP contribution is 2.25. The number of rotatable bonds is 2. The van der Waals surface area contributed by atoms with Gasteiger partial charge in [0.15, 0.2) is 0 Å². The number of nitrogens with zero attached hydrogens (tertiary/aromatic N) is 2. The Bertz CT molecular complexity index is 790. The van der Waals surface area contributed by atoms with E-state index in [0.29, 0.717) is 0 Å². The van der Waals surface area contributed by atoms with E-state index in [1.54, 1.807) is 0 Å². The highest BCUT2D eigenvalue weighted by molar-refractivity contribution is 6.83. The first-order chi connectivity index (χ1) is 11.0. The molecule has 2 nitrogen and oxygen atoms in total. The molecule has 23 heavy (non-hydrogen) atoms. The van der Waals surface area contributed by atoms with Crippen molar-refractivity contribution in [1.82, 2.24) is 9.78 Å². The van der Waals surface area contributed by atoms with Crippen molar-refractivity contribution in [2.45, 2.75) is 19.6 Å². The maximum atomic E-state index is 4.59. The van der Waals surface area contributed by atoms with Crippen molar-refractivity contribution >= 4 is 8.07 Å². The predicted octanol–water partition coefficient (Wildman–Crippen LogP) is 4.77. The number of aromatic nitrogens is 2. The number of hydrogen-bond acceptors (Lipinski definition) is 1. The zero-order valence-electron chi connectivity index (χ0n) is 13.7. The lowest BCUT2D eigenvalue weighted by Crippen LogP contribution is -2.16. The Morgan fingerprint density at radius 3 is 2.09 bits per heavy atom. The van der Waals surface area contributed by atoms with Gasteiger partial charge < -0.3 is 0 Å². The van der Waals surface area contributed by atoms with Crippen LogP contribution in [0.1, 0.15) is 5.69 Å². The fourth-order valence-corrected chi connectivity index (χ4v) is 2.80. The van der Waals surface area contributed by atoms with Crippen LogP contribution in [0, 0.1) is 11.5 Å². The van der Waals surface area contributed by atoms with Gasteiger partial charge in [0.1, 0.15) is 13.8 Å². The zero-order valence-corrected chi connectivity index (χ0v) is 14.7. The standard InChI is InChI=1S/C20H20N2Si/c1-23(2,3)15-14-20-19(17-10-6-4-7-11-17)16-21-22(20)18-12-8-5-9-13-18/h4-13,16H,1-3H3. The van der Waals surface area contributed by atoms with Gasteiger partial charge in [-0.15, -0.1) is 5.54 Å². The summed E-state index contributed by atoms with van der Waals surface area (Å²) in [6.07, 6.45) is 1.91. The maximum absolute atomic E-state index is 4.59. The molecule has 0 bridgehead atoms. The third-order valence-electron chi connectivity index (χ3n) is 3.41. The average molecular weight is 316 g/mol. The monoisotopic (exact) mass is 316 g/mol. The molecule has 3 rings (SSSR count). The van der Waals surface area contributed by atoms with E-state index in [0.717, 1.165) is 22.5 Å². The van der Waals surface area contributed by atoms with Crippen LogP contribution in [0.5, 0.6) is 0 Å². The van der Waals surface area contributed by atoms with Gasteiger partial charge in [-0.3, -0.25) is 0 Å². The molecule has 0 atom stereocenters. The van der Waals surface area contributed by atoms with Crippen LogP contribution in [0.3, 0.4) is 0 Å². The summed E-state index contributed by atoms with van der Waals surface area (Å²) >= 11 is 0. The fourth-order valence-electron chi connectivity index (χ4n) is 2.31. The Hall–Kier alpha value is -2.57. The molecule has 0 unspecified atom stereocenters. The Morgan fingerprint density at radius 1 is 0.870 bits per heavy atom. The normalized spacial score (nSPS) is 10.9. The van der Waals surface area contributed by atoms with Gasteiger partial charge in [0.2, 0.25) is 0 Å². The first-order valence-electron chi connectivity index (χ1n) is 7.77. The molecule has 0 spiro atoms. The van der Waals surface area contributed by atoms with Crippen molar-refractivity contribution in [2.24, 2.45) is 0 Å². The molecule has 0 saturated heterocycles. The second-order valence-electron chi connectivity index (χ2n) is 6.52. The summed E-state index contributed by atoms with van der Waals surface area (Å²) in [7, 11) is -1.46. The van der Waals surface area contributed by atoms with E-state index < -0.39 is 8.07 Å². The molecule has 3 heteroatoms. The van der Waals surface area contributed by atoms with Crippen LogP contribution in [0.25, 0.3) is 16.8 Å². The van der Waals surface area contributed by atoms with Crippen LogP contribution in [-0.4, -0.2) is 17.9 Å². The molecule has 0 amide bonds. The van der Waals surface area contributed by atoms with E-state index in [2.05, 4.69) is 60.5 Å².